The fourth-order valence-electron chi connectivity index (χ4n) is 2.38. The van der Waals surface area contributed by atoms with Crippen LogP contribution in [0.4, 0.5) is 5.82 Å². The van der Waals surface area contributed by atoms with Crippen molar-refractivity contribution in [2.75, 3.05) is 11.4 Å². The van der Waals surface area contributed by atoms with Crippen molar-refractivity contribution in [1.29, 1.82) is 0 Å². The molecule has 0 bridgehead atoms. The van der Waals surface area contributed by atoms with Gasteiger partial charge >= 0.3 is 0 Å². The standard InChI is InChI=1S/C11H17ClN4/c1-8-3-2-4-9(7-13)16(8)11-6-5-10(12)14-15-11/h5-6,8-9H,2-4,7,13H2,1H3. The molecule has 1 saturated heterocycles. The van der Waals surface area contributed by atoms with Crippen molar-refractivity contribution in [1.82, 2.24) is 10.2 Å². The molecule has 0 spiro atoms. The van der Waals surface area contributed by atoms with Gasteiger partial charge in [0.2, 0.25) is 0 Å². The van der Waals surface area contributed by atoms with E-state index in [-0.39, 0.29) is 0 Å². The number of nitrogens with two attached hydrogens (primary N) is 1. The highest BCUT2D eigenvalue weighted by atomic mass is 35.5. The van der Waals surface area contributed by atoms with Gasteiger partial charge in [0.05, 0.1) is 0 Å². The zero-order chi connectivity index (χ0) is 11.5. The van der Waals surface area contributed by atoms with Crippen molar-refractivity contribution >= 4 is 17.4 Å². The first-order valence-corrected chi connectivity index (χ1v) is 6.08. The molecule has 88 valence electrons. The van der Waals surface area contributed by atoms with Gasteiger partial charge in [-0.2, -0.15) is 0 Å². The average Bonchev–Trinajstić information content (AvgIpc) is 2.30. The Morgan fingerprint density at radius 3 is 2.88 bits per heavy atom. The maximum atomic E-state index is 5.81. The van der Waals surface area contributed by atoms with E-state index in [4.69, 9.17) is 17.3 Å². The Balaban J connectivity index is 2.24. The summed E-state index contributed by atoms with van der Waals surface area (Å²) in [7, 11) is 0. The molecule has 0 aromatic carbocycles. The van der Waals surface area contributed by atoms with E-state index < -0.39 is 0 Å². The molecule has 1 aliphatic heterocycles. The van der Waals surface area contributed by atoms with E-state index in [9.17, 15) is 0 Å². The summed E-state index contributed by atoms with van der Waals surface area (Å²) < 4.78 is 0. The van der Waals surface area contributed by atoms with Crippen LogP contribution in [-0.4, -0.2) is 28.8 Å². The first-order valence-electron chi connectivity index (χ1n) is 5.70. The van der Waals surface area contributed by atoms with Gasteiger partial charge in [-0.15, -0.1) is 10.2 Å². The van der Waals surface area contributed by atoms with Gasteiger partial charge in [-0.1, -0.05) is 11.6 Å². The summed E-state index contributed by atoms with van der Waals surface area (Å²) in [6.07, 6.45) is 3.55. The maximum Gasteiger partial charge on any atom is 0.151 e. The van der Waals surface area contributed by atoms with Crippen molar-refractivity contribution < 1.29 is 0 Å². The van der Waals surface area contributed by atoms with Gasteiger partial charge in [0, 0.05) is 18.6 Å². The van der Waals surface area contributed by atoms with E-state index in [1.807, 2.05) is 6.07 Å². The Labute approximate surface area is 101 Å². The minimum Gasteiger partial charge on any atom is -0.348 e. The van der Waals surface area contributed by atoms with Gasteiger partial charge in [-0.25, -0.2) is 0 Å². The maximum absolute atomic E-state index is 5.81. The molecular formula is C11H17ClN4. The van der Waals surface area contributed by atoms with Crippen LogP contribution in [0.5, 0.6) is 0 Å². The average molecular weight is 241 g/mol. The van der Waals surface area contributed by atoms with E-state index in [0.717, 1.165) is 12.2 Å². The highest BCUT2D eigenvalue weighted by molar-refractivity contribution is 6.29. The Morgan fingerprint density at radius 2 is 2.25 bits per heavy atom. The lowest BCUT2D eigenvalue weighted by Crippen LogP contribution is -2.49. The molecule has 0 amide bonds. The summed E-state index contributed by atoms with van der Waals surface area (Å²) in [6.45, 7) is 2.87. The van der Waals surface area contributed by atoms with Gasteiger partial charge in [-0.05, 0) is 38.3 Å². The smallest absolute Gasteiger partial charge is 0.151 e. The first-order chi connectivity index (χ1) is 7.72. The quantitative estimate of drug-likeness (QED) is 0.857. The van der Waals surface area contributed by atoms with Crippen molar-refractivity contribution in [3.63, 3.8) is 0 Å². The first kappa shape index (κ1) is 11.6. The monoisotopic (exact) mass is 240 g/mol. The molecule has 2 unspecified atom stereocenters. The van der Waals surface area contributed by atoms with E-state index in [1.54, 1.807) is 6.07 Å². The summed E-state index contributed by atoms with van der Waals surface area (Å²) >= 11 is 5.74. The molecule has 0 aliphatic carbocycles. The van der Waals surface area contributed by atoms with Crippen LogP contribution in [0.2, 0.25) is 5.15 Å². The fraction of sp³-hybridized carbons (Fsp3) is 0.636. The van der Waals surface area contributed by atoms with Crippen molar-refractivity contribution in [3.05, 3.63) is 17.3 Å². The molecular weight excluding hydrogens is 224 g/mol. The van der Waals surface area contributed by atoms with Gasteiger partial charge in [0.15, 0.2) is 11.0 Å². The minimum atomic E-state index is 0.374. The van der Waals surface area contributed by atoms with E-state index in [2.05, 4.69) is 22.0 Å². The predicted octanol–water partition coefficient (Wildman–Crippen LogP) is 1.84. The molecule has 2 heterocycles. The normalized spacial score (nSPS) is 25.8. The van der Waals surface area contributed by atoms with Crippen molar-refractivity contribution in [2.45, 2.75) is 38.3 Å². The van der Waals surface area contributed by atoms with Crippen LogP contribution in [0.15, 0.2) is 12.1 Å². The van der Waals surface area contributed by atoms with Crippen LogP contribution < -0.4 is 10.6 Å². The molecule has 4 nitrogen and oxygen atoms in total. The molecule has 1 aliphatic rings. The fourth-order valence-corrected chi connectivity index (χ4v) is 2.48. The number of aromatic nitrogens is 2. The van der Waals surface area contributed by atoms with Gasteiger partial charge in [0.25, 0.3) is 0 Å². The lowest BCUT2D eigenvalue weighted by Gasteiger charge is -2.40. The van der Waals surface area contributed by atoms with E-state index in [1.165, 1.54) is 12.8 Å². The predicted molar refractivity (Wildman–Crippen MR) is 65.7 cm³/mol. The molecule has 0 saturated carbocycles. The third kappa shape index (κ3) is 2.28. The molecule has 16 heavy (non-hydrogen) atoms. The highest BCUT2D eigenvalue weighted by Crippen LogP contribution is 2.27. The second-order valence-corrected chi connectivity index (χ2v) is 4.68. The summed E-state index contributed by atoms with van der Waals surface area (Å²) in [4.78, 5) is 2.27. The van der Waals surface area contributed by atoms with E-state index in [0.29, 0.717) is 23.8 Å². The van der Waals surface area contributed by atoms with Crippen molar-refractivity contribution in [3.8, 4) is 0 Å². The number of halogens is 1. The van der Waals surface area contributed by atoms with Crippen LogP contribution >= 0.6 is 11.6 Å². The largest absolute Gasteiger partial charge is 0.348 e. The minimum absolute atomic E-state index is 0.374. The molecule has 1 fully saturated rings. The Morgan fingerprint density at radius 1 is 1.44 bits per heavy atom. The van der Waals surface area contributed by atoms with Gasteiger partial charge < -0.3 is 10.6 Å². The summed E-state index contributed by atoms with van der Waals surface area (Å²) in [6, 6.07) is 4.54. The number of anilines is 1. The lowest BCUT2D eigenvalue weighted by atomic mass is 9.96. The van der Waals surface area contributed by atoms with E-state index >= 15 is 0 Å². The Kier molecular flexibility index (Phi) is 3.61. The Hall–Kier alpha value is -0.870. The van der Waals surface area contributed by atoms with Crippen LogP contribution in [0, 0.1) is 0 Å². The Bertz CT molecular complexity index is 340. The zero-order valence-electron chi connectivity index (χ0n) is 9.43. The lowest BCUT2D eigenvalue weighted by molar-refractivity contribution is 0.396. The number of nitrogens with zero attached hydrogens (tertiary/aromatic N) is 3. The zero-order valence-corrected chi connectivity index (χ0v) is 10.2. The second-order valence-electron chi connectivity index (χ2n) is 4.29. The topological polar surface area (TPSA) is 55.0 Å². The third-order valence-corrected chi connectivity index (χ3v) is 3.38. The van der Waals surface area contributed by atoms with Crippen LogP contribution in [0.1, 0.15) is 26.2 Å². The molecule has 5 heteroatoms. The molecule has 0 radical (unpaired) electrons. The van der Waals surface area contributed by atoms with Crippen LogP contribution in [-0.2, 0) is 0 Å². The SMILES string of the molecule is CC1CCCC(CN)N1c1ccc(Cl)nn1. The number of piperidine rings is 1. The number of hydrogen-bond donors (Lipinski definition) is 1. The molecule has 2 atom stereocenters. The molecule has 2 rings (SSSR count). The molecule has 2 N–H and O–H groups in total. The van der Waals surface area contributed by atoms with Gasteiger partial charge in [0.1, 0.15) is 0 Å². The second kappa shape index (κ2) is 4.97. The number of rotatable bonds is 2. The summed E-state index contributed by atoms with van der Waals surface area (Å²) in [5.74, 6) is 0.882. The molecule has 1 aromatic rings. The van der Waals surface area contributed by atoms with Crippen molar-refractivity contribution in [2.24, 2.45) is 5.73 Å². The van der Waals surface area contributed by atoms with Crippen LogP contribution in [0.3, 0.4) is 0 Å². The molecule has 1 aromatic heterocycles. The van der Waals surface area contributed by atoms with Gasteiger partial charge in [-0.3, -0.25) is 0 Å². The third-order valence-electron chi connectivity index (χ3n) is 3.18. The number of hydrogen-bond acceptors (Lipinski definition) is 4. The highest BCUT2D eigenvalue weighted by Gasteiger charge is 2.27. The van der Waals surface area contributed by atoms with Crippen LogP contribution in [0.25, 0.3) is 0 Å². The summed E-state index contributed by atoms with van der Waals surface area (Å²) in [5.41, 5.74) is 5.81. The summed E-state index contributed by atoms with van der Waals surface area (Å²) in [5, 5.41) is 8.46.